The number of alkyl halides is 3. The fourth-order valence-electron chi connectivity index (χ4n) is 3.20. The van der Waals surface area contributed by atoms with Crippen LogP contribution in [0.2, 0.25) is 5.02 Å². The van der Waals surface area contributed by atoms with Crippen LogP contribution in [0.1, 0.15) is 11.1 Å². The van der Waals surface area contributed by atoms with Crippen LogP contribution in [0, 0.1) is 0 Å². The summed E-state index contributed by atoms with van der Waals surface area (Å²) >= 11 is 5.66. The summed E-state index contributed by atoms with van der Waals surface area (Å²) in [5.41, 5.74) is 0.0155. The maximum absolute atomic E-state index is 13.1. The molecule has 1 aliphatic heterocycles. The highest BCUT2D eigenvalue weighted by Gasteiger charge is 2.34. The smallest absolute Gasteiger partial charge is 0.324 e. The van der Waals surface area contributed by atoms with Gasteiger partial charge in [-0.05, 0) is 23.8 Å². The Morgan fingerprint density at radius 2 is 1.64 bits per heavy atom. The summed E-state index contributed by atoms with van der Waals surface area (Å²) in [6.07, 6.45) is -4.59. The van der Waals surface area contributed by atoms with Gasteiger partial charge >= 0.3 is 6.18 Å². The zero-order chi connectivity index (χ0) is 20.1. The third-order valence-electron chi connectivity index (χ3n) is 4.64. The van der Waals surface area contributed by atoms with E-state index >= 15 is 0 Å². The topological polar surface area (TPSA) is 35.6 Å². The van der Waals surface area contributed by atoms with Crippen molar-refractivity contribution in [1.29, 1.82) is 0 Å². The molecule has 1 fully saturated rings. The molecular formula is C20H21ClF3N3O. The number of carbonyl (C=O) groups excluding carboxylic acids is 1. The van der Waals surface area contributed by atoms with Crippen LogP contribution >= 0.6 is 11.6 Å². The average molecular weight is 412 g/mol. The molecule has 0 saturated carbocycles. The largest absolute Gasteiger partial charge is 0.418 e. The third kappa shape index (κ3) is 5.70. The lowest BCUT2D eigenvalue weighted by Crippen LogP contribution is -2.48. The quantitative estimate of drug-likeness (QED) is 0.804. The number of nitrogens with one attached hydrogen (secondary N) is 1. The number of nitrogens with zero attached hydrogens (tertiary/aromatic N) is 2. The van der Waals surface area contributed by atoms with Gasteiger partial charge in [-0.2, -0.15) is 13.2 Å². The van der Waals surface area contributed by atoms with Gasteiger partial charge in [0.05, 0.1) is 17.8 Å². The fraction of sp³-hybridized carbons (Fsp3) is 0.350. The number of amides is 1. The van der Waals surface area contributed by atoms with E-state index < -0.39 is 17.6 Å². The molecule has 1 N–H and O–H groups in total. The average Bonchev–Trinajstić information content (AvgIpc) is 2.65. The molecule has 4 nitrogen and oxygen atoms in total. The van der Waals surface area contributed by atoms with Gasteiger partial charge in [0.2, 0.25) is 5.91 Å². The highest BCUT2D eigenvalue weighted by molar-refractivity contribution is 6.30. The molecule has 1 amide bonds. The highest BCUT2D eigenvalue weighted by Crippen LogP contribution is 2.36. The van der Waals surface area contributed by atoms with Crippen molar-refractivity contribution in [3.05, 3.63) is 64.7 Å². The third-order valence-corrected chi connectivity index (χ3v) is 4.88. The molecule has 150 valence electrons. The van der Waals surface area contributed by atoms with E-state index in [-0.39, 0.29) is 17.3 Å². The van der Waals surface area contributed by atoms with E-state index in [4.69, 9.17) is 11.6 Å². The number of halogens is 4. The minimum Gasteiger partial charge on any atom is -0.324 e. The van der Waals surface area contributed by atoms with E-state index in [1.54, 1.807) is 0 Å². The van der Waals surface area contributed by atoms with E-state index in [1.807, 2.05) is 23.1 Å². The molecule has 0 atom stereocenters. The Kier molecular flexibility index (Phi) is 6.59. The molecule has 0 unspecified atom stereocenters. The Hall–Kier alpha value is -2.09. The molecule has 0 aromatic heterocycles. The monoisotopic (exact) mass is 411 g/mol. The van der Waals surface area contributed by atoms with Gasteiger partial charge in [0.25, 0.3) is 0 Å². The number of anilines is 1. The zero-order valence-electron chi connectivity index (χ0n) is 15.2. The van der Waals surface area contributed by atoms with Crippen LogP contribution in [0.25, 0.3) is 0 Å². The molecule has 1 heterocycles. The van der Waals surface area contributed by atoms with Crippen LogP contribution in [0.3, 0.4) is 0 Å². The second kappa shape index (κ2) is 8.94. The first kappa shape index (κ1) is 20.6. The molecule has 2 aromatic carbocycles. The molecular weight excluding hydrogens is 391 g/mol. The molecule has 8 heteroatoms. The van der Waals surface area contributed by atoms with Crippen molar-refractivity contribution < 1.29 is 18.0 Å². The van der Waals surface area contributed by atoms with Crippen molar-refractivity contribution in [3.63, 3.8) is 0 Å². The Morgan fingerprint density at radius 1 is 1.00 bits per heavy atom. The molecule has 28 heavy (non-hydrogen) atoms. The lowest BCUT2D eigenvalue weighted by Gasteiger charge is -2.34. The number of hydrogen-bond acceptors (Lipinski definition) is 3. The second-order valence-electron chi connectivity index (χ2n) is 6.77. The standard InChI is InChI=1S/C20H21ClF3N3O/c21-16-6-7-18(17(12-16)20(22,23)24)25-19(28)14-27-10-8-26(9-11-27)13-15-4-2-1-3-5-15/h1-7,12H,8-11,13-14H2,(H,25,28). The summed E-state index contributed by atoms with van der Waals surface area (Å²) in [7, 11) is 0. The van der Waals surface area contributed by atoms with Crippen molar-refractivity contribution in [1.82, 2.24) is 9.80 Å². The Balaban J connectivity index is 1.51. The fourth-order valence-corrected chi connectivity index (χ4v) is 3.37. The van der Waals surface area contributed by atoms with Crippen LogP contribution in [0.5, 0.6) is 0 Å². The van der Waals surface area contributed by atoms with Gasteiger partial charge in [-0.25, -0.2) is 0 Å². The maximum Gasteiger partial charge on any atom is 0.418 e. The molecule has 1 aliphatic rings. The zero-order valence-corrected chi connectivity index (χ0v) is 15.9. The van der Waals surface area contributed by atoms with Crippen molar-refractivity contribution in [2.24, 2.45) is 0 Å². The first-order valence-electron chi connectivity index (χ1n) is 8.96. The normalized spacial score (nSPS) is 16.1. The van der Waals surface area contributed by atoms with Gasteiger partial charge in [-0.15, -0.1) is 0 Å². The molecule has 1 saturated heterocycles. The summed E-state index contributed by atoms with van der Waals surface area (Å²) in [6, 6.07) is 13.5. The lowest BCUT2D eigenvalue weighted by molar-refractivity contribution is -0.137. The molecule has 0 aliphatic carbocycles. The number of hydrogen-bond donors (Lipinski definition) is 1. The number of rotatable bonds is 5. The second-order valence-corrected chi connectivity index (χ2v) is 7.21. The Bertz CT molecular complexity index is 806. The molecule has 0 radical (unpaired) electrons. The predicted molar refractivity (Wildman–Crippen MR) is 103 cm³/mol. The Morgan fingerprint density at radius 3 is 2.29 bits per heavy atom. The van der Waals surface area contributed by atoms with Gasteiger partial charge in [0.15, 0.2) is 0 Å². The predicted octanol–water partition coefficient (Wildman–Crippen LogP) is 4.12. The van der Waals surface area contributed by atoms with Crippen molar-refractivity contribution in [2.75, 3.05) is 38.0 Å². The van der Waals surface area contributed by atoms with E-state index in [0.29, 0.717) is 13.1 Å². The number of piperazine rings is 1. The minimum absolute atomic E-state index is 0.0279. The first-order chi connectivity index (χ1) is 13.3. The van der Waals surface area contributed by atoms with Gasteiger partial charge in [0.1, 0.15) is 0 Å². The molecule has 0 bridgehead atoms. The summed E-state index contributed by atoms with van der Waals surface area (Å²) in [6.45, 7) is 3.88. The van der Waals surface area contributed by atoms with Crippen LogP contribution in [-0.2, 0) is 17.5 Å². The van der Waals surface area contributed by atoms with E-state index in [0.717, 1.165) is 25.7 Å². The number of benzene rings is 2. The molecule has 2 aromatic rings. The molecule has 3 rings (SSSR count). The van der Waals surface area contributed by atoms with Gasteiger partial charge in [-0.1, -0.05) is 41.9 Å². The minimum atomic E-state index is -4.59. The van der Waals surface area contributed by atoms with E-state index in [9.17, 15) is 18.0 Å². The van der Waals surface area contributed by atoms with Gasteiger partial charge in [-0.3, -0.25) is 14.6 Å². The number of carbonyl (C=O) groups is 1. The van der Waals surface area contributed by atoms with E-state index in [1.165, 1.54) is 17.7 Å². The van der Waals surface area contributed by atoms with Crippen LogP contribution < -0.4 is 5.32 Å². The van der Waals surface area contributed by atoms with Crippen molar-refractivity contribution in [2.45, 2.75) is 12.7 Å². The lowest BCUT2D eigenvalue weighted by atomic mass is 10.1. The summed E-state index contributed by atoms with van der Waals surface area (Å²) < 4.78 is 39.4. The highest BCUT2D eigenvalue weighted by atomic mass is 35.5. The maximum atomic E-state index is 13.1. The molecule has 0 spiro atoms. The first-order valence-corrected chi connectivity index (χ1v) is 9.34. The summed E-state index contributed by atoms with van der Waals surface area (Å²) in [5, 5.41) is 2.34. The van der Waals surface area contributed by atoms with Crippen molar-refractivity contribution in [3.8, 4) is 0 Å². The van der Waals surface area contributed by atoms with Gasteiger partial charge < -0.3 is 5.32 Å². The summed E-state index contributed by atoms with van der Waals surface area (Å²) in [5.74, 6) is -0.468. The Labute approximate surface area is 166 Å². The van der Waals surface area contributed by atoms with Gasteiger partial charge in [0, 0.05) is 37.7 Å². The summed E-state index contributed by atoms with van der Waals surface area (Å²) in [4.78, 5) is 16.5. The van der Waals surface area contributed by atoms with Crippen molar-refractivity contribution >= 4 is 23.2 Å². The van der Waals surface area contributed by atoms with Crippen LogP contribution in [0.4, 0.5) is 18.9 Å². The SMILES string of the molecule is O=C(CN1CCN(Cc2ccccc2)CC1)Nc1ccc(Cl)cc1C(F)(F)F. The van der Waals surface area contributed by atoms with Crippen LogP contribution in [0.15, 0.2) is 48.5 Å². The van der Waals surface area contributed by atoms with Crippen LogP contribution in [-0.4, -0.2) is 48.4 Å². The van der Waals surface area contributed by atoms with E-state index in [2.05, 4.69) is 22.3 Å².